The minimum atomic E-state index is -2.47. The largest absolute Gasteiger partial charge is 0.340 e. The number of carbonyl (C=O) groups excluding carboxylic acids is 1. The molecule has 0 aliphatic carbocycles. The molecule has 0 unspecified atom stereocenters. The first-order valence-corrected chi connectivity index (χ1v) is 3.30. The average Bonchev–Trinajstić information content (AvgIpc) is 1.86. The summed E-state index contributed by atoms with van der Waals surface area (Å²) in [7, 11) is 1.34. The summed E-state index contributed by atoms with van der Waals surface area (Å²) in [6.45, 7) is -0.314. The fourth-order valence-electron chi connectivity index (χ4n) is 0.623. The van der Waals surface area contributed by atoms with Gasteiger partial charge in [0.1, 0.15) is 0 Å². The molecular formula is C6H12F2N2O. The molecule has 0 heterocycles. The lowest BCUT2D eigenvalue weighted by Gasteiger charge is -2.15. The van der Waals surface area contributed by atoms with Crippen molar-refractivity contribution in [2.45, 2.75) is 12.8 Å². The second-order valence-corrected chi connectivity index (χ2v) is 2.20. The maximum Gasteiger partial charge on any atom is 0.255 e. The van der Waals surface area contributed by atoms with Crippen LogP contribution in [0.2, 0.25) is 0 Å². The number of hydrogen-bond donors (Lipinski definition) is 1. The van der Waals surface area contributed by atoms with Gasteiger partial charge in [-0.25, -0.2) is 8.78 Å². The Balaban J connectivity index is 3.64. The molecule has 0 saturated carbocycles. The predicted octanol–water partition coefficient (Wildman–Crippen LogP) is 0.0587. The topological polar surface area (TPSA) is 46.3 Å². The molecule has 0 rings (SSSR count). The molecule has 0 radical (unpaired) electrons. The zero-order chi connectivity index (χ0) is 8.85. The van der Waals surface area contributed by atoms with Crippen LogP contribution in [-0.2, 0) is 4.79 Å². The number of carbonyl (C=O) groups is 1. The summed E-state index contributed by atoms with van der Waals surface area (Å²) in [5, 5.41) is 0. The van der Waals surface area contributed by atoms with Crippen LogP contribution in [0.3, 0.4) is 0 Å². The number of rotatable bonds is 4. The standard InChI is InChI=1S/C6H12F2N2O/c1-10(4-5(7)8)6(11)2-3-9/h5H,2-4,9H2,1H3. The van der Waals surface area contributed by atoms with Gasteiger partial charge in [0, 0.05) is 20.0 Å². The number of nitrogens with two attached hydrogens (primary N) is 1. The van der Waals surface area contributed by atoms with Crippen LogP contribution in [0.25, 0.3) is 0 Å². The first-order chi connectivity index (χ1) is 5.07. The maximum atomic E-state index is 11.7. The van der Waals surface area contributed by atoms with Crippen LogP contribution >= 0.6 is 0 Å². The number of amides is 1. The van der Waals surface area contributed by atoms with Gasteiger partial charge in [-0.05, 0) is 0 Å². The van der Waals surface area contributed by atoms with Gasteiger partial charge in [-0.3, -0.25) is 4.79 Å². The minimum Gasteiger partial charge on any atom is -0.340 e. The second kappa shape index (κ2) is 5.01. The molecule has 0 fully saturated rings. The highest BCUT2D eigenvalue weighted by Gasteiger charge is 2.12. The molecule has 66 valence electrons. The molecule has 0 atom stereocenters. The summed E-state index contributed by atoms with van der Waals surface area (Å²) in [6.07, 6.45) is -2.34. The van der Waals surface area contributed by atoms with E-state index in [1.54, 1.807) is 0 Å². The SMILES string of the molecule is CN(CC(F)F)C(=O)CCN. The Morgan fingerprint density at radius 3 is 2.55 bits per heavy atom. The van der Waals surface area contributed by atoms with E-state index in [2.05, 4.69) is 0 Å². The molecule has 0 spiro atoms. The second-order valence-electron chi connectivity index (χ2n) is 2.20. The molecule has 3 nitrogen and oxygen atoms in total. The molecule has 0 bridgehead atoms. The molecule has 1 amide bonds. The van der Waals surface area contributed by atoms with Crippen molar-refractivity contribution in [1.82, 2.24) is 4.90 Å². The van der Waals surface area contributed by atoms with E-state index in [4.69, 9.17) is 5.73 Å². The molecule has 0 aliphatic rings. The van der Waals surface area contributed by atoms with E-state index in [-0.39, 0.29) is 18.9 Å². The lowest BCUT2D eigenvalue weighted by Crippen LogP contribution is -2.32. The van der Waals surface area contributed by atoms with Gasteiger partial charge in [0.05, 0.1) is 6.54 Å². The van der Waals surface area contributed by atoms with Crippen molar-refractivity contribution in [3.05, 3.63) is 0 Å². The van der Waals surface area contributed by atoms with Crippen molar-refractivity contribution >= 4 is 5.91 Å². The lowest BCUT2D eigenvalue weighted by molar-refractivity contribution is -0.131. The molecule has 0 aromatic carbocycles. The quantitative estimate of drug-likeness (QED) is 0.641. The van der Waals surface area contributed by atoms with E-state index in [0.29, 0.717) is 0 Å². The Morgan fingerprint density at radius 1 is 1.64 bits per heavy atom. The summed E-state index contributed by atoms with van der Waals surface area (Å²) in [4.78, 5) is 11.8. The zero-order valence-electron chi connectivity index (χ0n) is 6.39. The third kappa shape index (κ3) is 4.66. The number of hydrogen-bond acceptors (Lipinski definition) is 2. The molecule has 11 heavy (non-hydrogen) atoms. The highest BCUT2D eigenvalue weighted by Crippen LogP contribution is 1.97. The summed E-state index contributed by atoms with van der Waals surface area (Å²) in [5.74, 6) is -0.340. The summed E-state index contributed by atoms with van der Waals surface area (Å²) >= 11 is 0. The van der Waals surface area contributed by atoms with Gasteiger partial charge in [-0.15, -0.1) is 0 Å². The van der Waals surface area contributed by atoms with Crippen molar-refractivity contribution < 1.29 is 13.6 Å². The Labute approximate surface area is 64.2 Å². The normalized spacial score (nSPS) is 10.3. The molecule has 0 aromatic rings. The van der Waals surface area contributed by atoms with E-state index < -0.39 is 13.0 Å². The fourth-order valence-corrected chi connectivity index (χ4v) is 0.623. The van der Waals surface area contributed by atoms with Crippen molar-refractivity contribution in [2.24, 2.45) is 5.73 Å². The van der Waals surface area contributed by atoms with Crippen molar-refractivity contribution in [3.63, 3.8) is 0 Å². The number of nitrogens with zero attached hydrogens (tertiary/aromatic N) is 1. The van der Waals surface area contributed by atoms with Gasteiger partial charge in [0.15, 0.2) is 0 Å². The van der Waals surface area contributed by atoms with Gasteiger partial charge in [-0.2, -0.15) is 0 Å². The van der Waals surface area contributed by atoms with Crippen LogP contribution in [0.5, 0.6) is 0 Å². The number of halogens is 2. The average molecular weight is 166 g/mol. The Bertz CT molecular complexity index is 130. The summed E-state index contributed by atoms with van der Waals surface area (Å²) in [6, 6.07) is 0. The highest BCUT2D eigenvalue weighted by atomic mass is 19.3. The highest BCUT2D eigenvalue weighted by molar-refractivity contribution is 5.76. The molecule has 2 N–H and O–H groups in total. The van der Waals surface area contributed by atoms with Gasteiger partial charge >= 0.3 is 0 Å². The predicted molar refractivity (Wildman–Crippen MR) is 37.3 cm³/mol. The molecule has 0 aromatic heterocycles. The fraction of sp³-hybridized carbons (Fsp3) is 0.833. The zero-order valence-corrected chi connectivity index (χ0v) is 6.39. The Kier molecular flexibility index (Phi) is 4.69. The van der Waals surface area contributed by atoms with E-state index in [1.165, 1.54) is 7.05 Å². The summed E-state index contributed by atoms with van der Waals surface area (Å²) in [5.41, 5.74) is 5.06. The first-order valence-electron chi connectivity index (χ1n) is 3.30. The lowest BCUT2D eigenvalue weighted by atomic mass is 10.4. The third-order valence-electron chi connectivity index (χ3n) is 1.20. The maximum absolute atomic E-state index is 11.7. The Morgan fingerprint density at radius 2 is 2.18 bits per heavy atom. The molecule has 0 aliphatic heterocycles. The Hall–Kier alpha value is -0.710. The van der Waals surface area contributed by atoms with E-state index >= 15 is 0 Å². The van der Waals surface area contributed by atoms with Gasteiger partial charge in [0.25, 0.3) is 6.43 Å². The van der Waals surface area contributed by atoms with Crippen LogP contribution in [-0.4, -0.2) is 37.4 Å². The van der Waals surface area contributed by atoms with Crippen LogP contribution in [0, 0.1) is 0 Å². The van der Waals surface area contributed by atoms with Crippen LogP contribution < -0.4 is 5.73 Å². The van der Waals surface area contributed by atoms with Crippen molar-refractivity contribution in [2.75, 3.05) is 20.1 Å². The minimum absolute atomic E-state index is 0.128. The smallest absolute Gasteiger partial charge is 0.255 e. The van der Waals surface area contributed by atoms with E-state index in [0.717, 1.165) is 4.90 Å². The van der Waals surface area contributed by atoms with E-state index in [9.17, 15) is 13.6 Å². The van der Waals surface area contributed by atoms with Crippen LogP contribution in [0.1, 0.15) is 6.42 Å². The monoisotopic (exact) mass is 166 g/mol. The van der Waals surface area contributed by atoms with Gasteiger partial charge < -0.3 is 10.6 Å². The van der Waals surface area contributed by atoms with Gasteiger partial charge in [0.2, 0.25) is 5.91 Å². The first kappa shape index (κ1) is 10.3. The molecular weight excluding hydrogens is 154 g/mol. The van der Waals surface area contributed by atoms with E-state index in [1.807, 2.05) is 0 Å². The van der Waals surface area contributed by atoms with Crippen LogP contribution in [0.4, 0.5) is 8.78 Å². The number of alkyl halides is 2. The van der Waals surface area contributed by atoms with Crippen molar-refractivity contribution in [3.8, 4) is 0 Å². The molecule has 0 saturated heterocycles. The van der Waals surface area contributed by atoms with Crippen LogP contribution in [0.15, 0.2) is 0 Å². The third-order valence-corrected chi connectivity index (χ3v) is 1.20. The van der Waals surface area contributed by atoms with Gasteiger partial charge in [-0.1, -0.05) is 0 Å². The molecule has 5 heteroatoms. The van der Waals surface area contributed by atoms with Crippen molar-refractivity contribution in [1.29, 1.82) is 0 Å². The summed E-state index contributed by atoms with van der Waals surface area (Å²) < 4.78 is 23.3.